The lowest BCUT2D eigenvalue weighted by atomic mass is 9.75. The van der Waals surface area contributed by atoms with E-state index >= 15 is 0 Å². The van der Waals surface area contributed by atoms with E-state index in [0.29, 0.717) is 17.3 Å². The number of carbonyl (C=O) groups excluding carboxylic acids is 3. The van der Waals surface area contributed by atoms with Crippen LogP contribution in [0.4, 0.5) is 5.69 Å². The fourth-order valence-corrected chi connectivity index (χ4v) is 6.33. The van der Waals surface area contributed by atoms with Crippen molar-refractivity contribution in [2.45, 2.75) is 31.0 Å². The predicted molar refractivity (Wildman–Crippen MR) is 110 cm³/mol. The van der Waals surface area contributed by atoms with Crippen LogP contribution in [0.1, 0.15) is 24.0 Å². The summed E-state index contributed by atoms with van der Waals surface area (Å²) in [7, 11) is 0. The molecule has 6 nitrogen and oxygen atoms in total. The van der Waals surface area contributed by atoms with E-state index in [0.717, 1.165) is 24.0 Å². The van der Waals surface area contributed by atoms with E-state index in [1.807, 2.05) is 30.3 Å². The third-order valence-electron chi connectivity index (χ3n) is 7.23. The minimum atomic E-state index is -1.16. The first kappa shape index (κ1) is 18.1. The predicted octanol–water partition coefficient (Wildman–Crippen LogP) is 2.77. The Morgan fingerprint density at radius 1 is 1.07 bits per heavy atom. The van der Waals surface area contributed by atoms with Crippen LogP contribution in [0.2, 0.25) is 5.02 Å². The maximum Gasteiger partial charge on any atom is 0.250 e. The Morgan fingerprint density at radius 3 is 2.67 bits per heavy atom. The average molecular weight is 422 g/mol. The van der Waals surface area contributed by atoms with Crippen molar-refractivity contribution in [3.63, 3.8) is 0 Å². The molecule has 152 valence electrons. The van der Waals surface area contributed by atoms with Crippen molar-refractivity contribution in [2.75, 3.05) is 11.9 Å². The number of amides is 3. The first-order chi connectivity index (χ1) is 14.5. The standard InChI is InChI=1S/C23H20ClN3O3/c24-14-8-9-16-15(11-14)23(22(30)25-16)19-18(17-7-4-10-27(17)23)20(28)26(21(19)29)12-13-5-2-1-3-6-13/h1-3,5-6,8-9,11,17-19H,4,7,10,12H2,(H,25,30)/t17-,18+,19+,23-/m1/s1. The molecule has 7 heteroatoms. The molecule has 0 aromatic heterocycles. The highest BCUT2D eigenvalue weighted by Crippen LogP contribution is 2.60. The van der Waals surface area contributed by atoms with Crippen LogP contribution in [0.3, 0.4) is 0 Å². The Kier molecular flexibility index (Phi) is 3.71. The summed E-state index contributed by atoms with van der Waals surface area (Å²) < 4.78 is 0. The number of hydrogen-bond acceptors (Lipinski definition) is 4. The molecule has 0 saturated carbocycles. The van der Waals surface area contributed by atoms with Gasteiger partial charge in [-0.05, 0) is 43.1 Å². The minimum Gasteiger partial charge on any atom is -0.324 e. The third kappa shape index (κ3) is 2.10. The molecular weight excluding hydrogens is 402 g/mol. The number of benzene rings is 2. The van der Waals surface area contributed by atoms with E-state index in [1.165, 1.54) is 4.90 Å². The van der Waals surface area contributed by atoms with Gasteiger partial charge < -0.3 is 5.32 Å². The highest BCUT2D eigenvalue weighted by Gasteiger charge is 2.74. The van der Waals surface area contributed by atoms with Gasteiger partial charge in [0.05, 0.1) is 18.4 Å². The van der Waals surface area contributed by atoms with Crippen LogP contribution in [0, 0.1) is 11.8 Å². The minimum absolute atomic E-state index is 0.108. The van der Waals surface area contributed by atoms with Gasteiger partial charge >= 0.3 is 0 Å². The van der Waals surface area contributed by atoms with E-state index in [-0.39, 0.29) is 30.3 Å². The highest BCUT2D eigenvalue weighted by molar-refractivity contribution is 6.31. The molecule has 2 aromatic carbocycles. The lowest BCUT2D eigenvalue weighted by Gasteiger charge is -2.36. The summed E-state index contributed by atoms with van der Waals surface area (Å²) in [5.74, 6) is -1.86. The Balaban J connectivity index is 1.50. The Hall–Kier alpha value is -2.70. The first-order valence-electron chi connectivity index (χ1n) is 10.3. The molecule has 1 spiro atoms. The average Bonchev–Trinajstić information content (AvgIpc) is 3.44. The molecule has 2 aromatic rings. The van der Waals surface area contributed by atoms with Crippen molar-refractivity contribution in [2.24, 2.45) is 11.8 Å². The highest BCUT2D eigenvalue weighted by atomic mass is 35.5. The van der Waals surface area contributed by atoms with Gasteiger partial charge in [0.15, 0.2) is 0 Å². The number of nitrogens with zero attached hydrogens (tertiary/aromatic N) is 2. The number of hydrogen-bond donors (Lipinski definition) is 1. The Labute approximate surface area is 178 Å². The van der Waals surface area contributed by atoms with Crippen LogP contribution in [0.15, 0.2) is 48.5 Å². The van der Waals surface area contributed by atoms with E-state index in [2.05, 4.69) is 10.2 Å². The summed E-state index contributed by atoms with van der Waals surface area (Å²) in [5.41, 5.74) is 1.14. The van der Waals surface area contributed by atoms with E-state index in [4.69, 9.17) is 11.6 Å². The van der Waals surface area contributed by atoms with Crippen LogP contribution < -0.4 is 5.32 Å². The molecule has 4 atom stereocenters. The van der Waals surface area contributed by atoms with Gasteiger partial charge in [-0.15, -0.1) is 0 Å². The fraction of sp³-hybridized carbons (Fsp3) is 0.348. The number of carbonyl (C=O) groups is 3. The van der Waals surface area contributed by atoms with Crippen molar-refractivity contribution in [1.29, 1.82) is 0 Å². The lowest BCUT2D eigenvalue weighted by molar-refractivity contribution is -0.146. The van der Waals surface area contributed by atoms with Crippen molar-refractivity contribution in [3.8, 4) is 0 Å². The smallest absolute Gasteiger partial charge is 0.250 e. The summed E-state index contributed by atoms with van der Waals surface area (Å²) in [6, 6.07) is 14.7. The van der Waals surface area contributed by atoms with Gasteiger partial charge in [-0.1, -0.05) is 41.9 Å². The van der Waals surface area contributed by atoms with Crippen LogP contribution in [-0.2, 0) is 26.5 Å². The summed E-state index contributed by atoms with van der Waals surface area (Å²) in [4.78, 5) is 44.1. The normalized spacial score (nSPS) is 32.0. The van der Waals surface area contributed by atoms with Crippen LogP contribution >= 0.6 is 11.6 Å². The number of imide groups is 1. The molecule has 4 heterocycles. The van der Waals surface area contributed by atoms with E-state index < -0.39 is 17.4 Å². The van der Waals surface area contributed by atoms with Crippen molar-refractivity contribution in [3.05, 3.63) is 64.7 Å². The molecule has 30 heavy (non-hydrogen) atoms. The van der Waals surface area contributed by atoms with Gasteiger partial charge in [0.25, 0.3) is 0 Å². The number of rotatable bonds is 2. The second kappa shape index (κ2) is 6.15. The Morgan fingerprint density at radius 2 is 1.87 bits per heavy atom. The maximum atomic E-state index is 13.7. The number of nitrogens with one attached hydrogen (secondary N) is 1. The fourth-order valence-electron chi connectivity index (χ4n) is 6.16. The van der Waals surface area contributed by atoms with Crippen LogP contribution in [-0.4, -0.2) is 40.1 Å². The zero-order valence-corrected chi connectivity index (χ0v) is 16.9. The van der Waals surface area contributed by atoms with Crippen LogP contribution in [0.25, 0.3) is 0 Å². The van der Waals surface area contributed by atoms with Crippen molar-refractivity contribution >= 4 is 35.0 Å². The third-order valence-corrected chi connectivity index (χ3v) is 7.46. The molecule has 4 aliphatic rings. The molecular formula is C23H20ClN3O3. The van der Waals surface area contributed by atoms with Crippen molar-refractivity contribution < 1.29 is 14.4 Å². The second-order valence-electron chi connectivity index (χ2n) is 8.57. The molecule has 0 aliphatic carbocycles. The molecule has 0 radical (unpaired) electrons. The topological polar surface area (TPSA) is 69.7 Å². The van der Waals surface area contributed by atoms with E-state index in [1.54, 1.807) is 18.2 Å². The number of fused-ring (bicyclic) bond motifs is 7. The molecule has 6 rings (SSSR count). The monoisotopic (exact) mass is 421 g/mol. The van der Waals surface area contributed by atoms with Gasteiger partial charge in [-0.25, -0.2) is 0 Å². The van der Waals surface area contributed by atoms with Gasteiger partial charge in [0.2, 0.25) is 17.7 Å². The van der Waals surface area contributed by atoms with Crippen LogP contribution in [0.5, 0.6) is 0 Å². The number of likely N-dealkylation sites (tertiary alicyclic amines) is 1. The summed E-state index contributed by atoms with van der Waals surface area (Å²) >= 11 is 6.30. The SMILES string of the molecule is O=C1[C@H]2[C@H]3CCCN3[C@@]3(C(=O)Nc4ccc(Cl)cc43)[C@@H]2C(=O)N1Cc1ccccc1. The van der Waals surface area contributed by atoms with Gasteiger partial charge in [0.1, 0.15) is 5.54 Å². The molecule has 3 fully saturated rings. The maximum absolute atomic E-state index is 13.7. The quantitative estimate of drug-likeness (QED) is 0.757. The zero-order valence-electron chi connectivity index (χ0n) is 16.2. The summed E-state index contributed by atoms with van der Waals surface area (Å²) in [6.07, 6.45) is 1.71. The van der Waals surface area contributed by atoms with E-state index in [9.17, 15) is 14.4 Å². The zero-order chi connectivity index (χ0) is 20.6. The lowest BCUT2D eigenvalue weighted by Crippen LogP contribution is -2.54. The van der Waals surface area contributed by atoms with Gasteiger partial charge in [-0.2, -0.15) is 0 Å². The van der Waals surface area contributed by atoms with Gasteiger partial charge in [0, 0.05) is 22.3 Å². The molecule has 0 unspecified atom stereocenters. The van der Waals surface area contributed by atoms with Crippen molar-refractivity contribution in [1.82, 2.24) is 9.80 Å². The van der Waals surface area contributed by atoms with Gasteiger partial charge in [-0.3, -0.25) is 24.2 Å². The number of halogens is 1. The molecule has 4 aliphatic heterocycles. The molecule has 3 amide bonds. The number of anilines is 1. The molecule has 3 saturated heterocycles. The Bertz CT molecular complexity index is 1100. The first-order valence-corrected chi connectivity index (χ1v) is 10.7. The summed E-state index contributed by atoms with van der Waals surface area (Å²) in [5, 5.41) is 3.48. The largest absolute Gasteiger partial charge is 0.324 e. The molecule has 0 bridgehead atoms. The molecule has 1 N–H and O–H groups in total. The second-order valence-corrected chi connectivity index (χ2v) is 9.00. The summed E-state index contributed by atoms with van der Waals surface area (Å²) in [6.45, 7) is 0.925.